The highest BCUT2D eigenvalue weighted by atomic mass is 16.6. The van der Waals surface area contributed by atoms with Crippen molar-refractivity contribution in [2.45, 2.75) is 65.4 Å². The molecule has 0 atom stereocenters. The molecule has 0 aromatic carbocycles. The van der Waals surface area contributed by atoms with E-state index in [1.54, 1.807) is 13.8 Å². The van der Waals surface area contributed by atoms with Gasteiger partial charge in [-0.3, -0.25) is 0 Å². The number of allylic oxidation sites excluding steroid dienone is 3. The summed E-state index contributed by atoms with van der Waals surface area (Å²) in [6, 6.07) is 0. The Bertz CT molecular complexity index is 816. The number of carboxylic acids is 1. The fraction of sp³-hybridized carbons (Fsp3) is 0.625. The second kappa shape index (κ2) is 8.40. The molecule has 0 aliphatic heterocycles. The first-order chi connectivity index (χ1) is 14.0. The summed E-state index contributed by atoms with van der Waals surface area (Å²) in [5.74, 6) is 0.277. The molecule has 0 spiro atoms. The zero-order chi connectivity index (χ0) is 22.2. The third-order valence-corrected chi connectivity index (χ3v) is 7.40. The first-order valence-electron chi connectivity index (χ1n) is 10.7. The van der Waals surface area contributed by atoms with Gasteiger partial charge in [0.15, 0.2) is 0 Å². The fourth-order valence-electron chi connectivity index (χ4n) is 5.68. The Labute approximate surface area is 178 Å². The van der Waals surface area contributed by atoms with Crippen LogP contribution < -0.4 is 0 Å². The summed E-state index contributed by atoms with van der Waals surface area (Å²) in [4.78, 5) is 36.2. The highest BCUT2D eigenvalue weighted by Crippen LogP contribution is 2.59. The molecule has 4 saturated carbocycles. The molecule has 0 radical (unpaired) electrons. The second-order valence-electron chi connectivity index (χ2n) is 9.41. The Morgan fingerprint density at radius 1 is 0.867 bits per heavy atom. The Hall–Kier alpha value is -2.37. The monoisotopic (exact) mass is 416 g/mol. The van der Waals surface area contributed by atoms with E-state index in [-0.39, 0.29) is 11.1 Å². The average molecular weight is 417 g/mol. The predicted molar refractivity (Wildman–Crippen MR) is 111 cm³/mol. The Morgan fingerprint density at radius 3 is 1.83 bits per heavy atom. The molecule has 0 unspecified atom stereocenters. The third-order valence-electron chi connectivity index (χ3n) is 7.40. The normalized spacial score (nSPS) is 33.8. The van der Waals surface area contributed by atoms with E-state index in [0.717, 1.165) is 37.5 Å². The molecule has 0 aromatic heterocycles. The molecule has 0 saturated heterocycles. The molecule has 6 heteroatoms. The van der Waals surface area contributed by atoms with Crippen molar-refractivity contribution in [2.24, 2.45) is 23.7 Å². The van der Waals surface area contributed by atoms with Crippen molar-refractivity contribution in [1.29, 1.82) is 0 Å². The third kappa shape index (κ3) is 4.23. The second-order valence-corrected chi connectivity index (χ2v) is 9.41. The summed E-state index contributed by atoms with van der Waals surface area (Å²) < 4.78 is 10.9. The van der Waals surface area contributed by atoms with Crippen LogP contribution in [-0.4, -0.2) is 35.7 Å². The lowest BCUT2D eigenvalue weighted by Gasteiger charge is -2.59. The minimum Gasteiger partial charge on any atom is -0.478 e. The van der Waals surface area contributed by atoms with Crippen LogP contribution in [0.25, 0.3) is 0 Å². The lowest BCUT2D eigenvalue weighted by atomic mass is 9.50. The standard InChI is InChI=1S/C24H32O6/c1-13(21(25)26)6-18(15(3)23(28)29-5)7-14(2)22(27)30-24(4)19-9-16-8-17(11-19)12-20(24)10-16/h6-7,16-17,19-20H,8-12H2,1-5H3,(H,25,26). The quantitative estimate of drug-likeness (QED) is 0.396. The summed E-state index contributed by atoms with van der Waals surface area (Å²) >= 11 is 0. The van der Waals surface area contributed by atoms with Gasteiger partial charge in [-0.05, 0) is 101 Å². The van der Waals surface area contributed by atoms with Gasteiger partial charge < -0.3 is 14.6 Å². The number of hydrogen-bond acceptors (Lipinski definition) is 5. The number of carbonyl (C=O) groups is 3. The maximum atomic E-state index is 13.0. The fourth-order valence-corrected chi connectivity index (χ4v) is 5.68. The first kappa shape index (κ1) is 22.3. The van der Waals surface area contributed by atoms with Crippen LogP contribution in [0, 0.1) is 23.7 Å². The number of rotatable bonds is 6. The summed E-state index contributed by atoms with van der Waals surface area (Å²) in [5, 5.41) is 9.20. The molecular formula is C24H32O6. The van der Waals surface area contributed by atoms with Gasteiger partial charge in [0, 0.05) is 16.7 Å². The molecule has 164 valence electrons. The number of hydrogen-bond donors (Lipinski definition) is 1. The van der Waals surface area contributed by atoms with E-state index in [0.29, 0.717) is 23.0 Å². The van der Waals surface area contributed by atoms with Gasteiger partial charge in [0.2, 0.25) is 0 Å². The smallest absolute Gasteiger partial charge is 0.334 e. The topological polar surface area (TPSA) is 89.9 Å². The van der Waals surface area contributed by atoms with Crippen molar-refractivity contribution < 1.29 is 29.0 Å². The van der Waals surface area contributed by atoms with Gasteiger partial charge in [0.25, 0.3) is 0 Å². The number of esters is 2. The van der Waals surface area contributed by atoms with Gasteiger partial charge in [-0.1, -0.05) is 0 Å². The van der Waals surface area contributed by atoms with Crippen LogP contribution in [0.4, 0.5) is 0 Å². The molecule has 0 heterocycles. The Kier molecular flexibility index (Phi) is 6.25. The van der Waals surface area contributed by atoms with E-state index < -0.39 is 23.5 Å². The van der Waals surface area contributed by atoms with Crippen LogP contribution in [0.3, 0.4) is 0 Å². The van der Waals surface area contributed by atoms with Crippen LogP contribution in [0.15, 0.2) is 34.4 Å². The lowest BCUT2D eigenvalue weighted by Crippen LogP contribution is -2.58. The number of ether oxygens (including phenoxy) is 2. The summed E-state index contributed by atoms with van der Waals surface area (Å²) in [5.41, 5.74) is 0.488. The van der Waals surface area contributed by atoms with Crippen LogP contribution in [-0.2, 0) is 23.9 Å². The number of methoxy groups -OCH3 is 1. The molecule has 4 aliphatic carbocycles. The average Bonchev–Trinajstić information content (AvgIpc) is 2.69. The van der Waals surface area contributed by atoms with Crippen LogP contribution in [0.2, 0.25) is 0 Å². The molecule has 6 nitrogen and oxygen atoms in total. The number of carbonyl (C=O) groups excluding carboxylic acids is 2. The van der Waals surface area contributed by atoms with Crippen molar-refractivity contribution in [1.82, 2.24) is 0 Å². The van der Waals surface area contributed by atoms with Crippen molar-refractivity contribution in [3.8, 4) is 0 Å². The largest absolute Gasteiger partial charge is 0.478 e. The van der Waals surface area contributed by atoms with Crippen LogP contribution in [0.5, 0.6) is 0 Å². The molecule has 4 aliphatic rings. The minimum absolute atomic E-state index is 0.0543. The zero-order valence-corrected chi connectivity index (χ0v) is 18.5. The minimum atomic E-state index is -1.10. The van der Waals surface area contributed by atoms with Crippen LogP contribution in [0.1, 0.15) is 59.8 Å². The summed E-state index contributed by atoms with van der Waals surface area (Å²) in [6.07, 6.45) is 8.74. The van der Waals surface area contributed by atoms with Gasteiger partial charge in [-0.2, -0.15) is 0 Å². The van der Waals surface area contributed by atoms with Crippen molar-refractivity contribution in [3.63, 3.8) is 0 Å². The van der Waals surface area contributed by atoms with Gasteiger partial charge >= 0.3 is 17.9 Å². The van der Waals surface area contributed by atoms with E-state index in [4.69, 9.17) is 9.47 Å². The van der Waals surface area contributed by atoms with E-state index in [1.165, 1.54) is 32.6 Å². The van der Waals surface area contributed by atoms with Gasteiger partial charge in [0.1, 0.15) is 5.60 Å². The molecule has 1 N–H and O–H groups in total. The maximum absolute atomic E-state index is 13.0. The van der Waals surface area contributed by atoms with Crippen molar-refractivity contribution in [2.75, 3.05) is 7.11 Å². The molecule has 0 aromatic rings. The molecule has 4 rings (SSSR count). The molecule has 4 fully saturated rings. The predicted octanol–water partition coefficient (Wildman–Crippen LogP) is 4.21. The summed E-state index contributed by atoms with van der Waals surface area (Å²) in [6.45, 7) is 6.69. The van der Waals surface area contributed by atoms with Crippen molar-refractivity contribution in [3.05, 3.63) is 34.4 Å². The highest BCUT2D eigenvalue weighted by Gasteiger charge is 2.57. The number of carboxylic acid groups (broad SMARTS) is 1. The SMILES string of the molecule is COC(=O)C(C)=C(C=C(C)C(=O)O)C=C(C)C(=O)OC1(C)C2CC3CC(C2)CC1C3. The van der Waals surface area contributed by atoms with Crippen molar-refractivity contribution >= 4 is 17.9 Å². The van der Waals surface area contributed by atoms with E-state index in [9.17, 15) is 19.5 Å². The summed E-state index contributed by atoms with van der Waals surface area (Å²) in [7, 11) is 1.26. The van der Waals surface area contributed by atoms with Gasteiger partial charge in [0.05, 0.1) is 7.11 Å². The Balaban J connectivity index is 1.84. The first-order valence-corrected chi connectivity index (χ1v) is 10.7. The molecule has 4 bridgehead atoms. The highest BCUT2D eigenvalue weighted by molar-refractivity contribution is 5.94. The van der Waals surface area contributed by atoms with Crippen LogP contribution >= 0.6 is 0 Å². The maximum Gasteiger partial charge on any atom is 0.334 e. The number of aliphatic carboxylic acids is 1. The molecule has 0 amide bonds. The Morgan fingerprint density at radius 2 is 1.37 bits per heavy atom. The zero-order valence-electron chi connectivity index (χ0n) is 18.5. The molecular weight excluding hydrogens is 384 g/mol. The van der Waals surface area contributed by atoms with Gasteiger partial charge in [-0.15, -0.1) is 0 Å². The van der Waals surface area contributed by atoms with E-state index in [1.807, 2.05) is 0 Å². The van der Waals surface area contributed by atoms with E-state index in [2.05, 4.69) is 6.92 Å². The van der Waals surface area contributed by atoms with E-state index >= 15 is 0 Å². The lowest BCUT2D eigenvalue weighted by molar-refractivity contribution is -0.199. The van der Waals surface area contributed by atoms with Gasteiger partial charge in [-0.25, -0.2) is 14.4 Å². The molecule has 30 heavy (non-hydrogen) atoms.